The summed E-state index contributed by atoms with van der Waals surface area (Å²) in [6.07, 6.45) is 0. The molecule has 0 aliphatic carbocycles. The maximum Gasteiger partial charge on any atom is 0.255 e. The van der Waals surface area contributed by atoms with Crippen molar-refractivity contribution in [2.24, 2.45) is 0 Å². The molecule has 172 valence electrons. The molecule has 4 aromatic rings. The van der Waals surface area contributed by atoms with Gasteiger partial charge >= 0.3 is 0 Å². The van der Waals surface area contributed by atoms with Gasteiger partial charge in [0, 0.05) is 31.6 Å². The van der Waals surface area contributed by atoms with Crippen LogP contribution in [0.15, 0.2) is 87.5 Å². The van der Waals surface area contributed by atoms with Crippen LogP contribution in [0.2, 0.25) is 0 Å². The topological polar surface area (TPSA) is 71.1 Å². The fourth-order valence-electron chi connectivity index (χ4n) is 3.22. The van der Waals surface area contributed by atoms with Gasteiger partial charge in [0.05, 0.1) is 10.9 Å². The Hall–Kier alpha value is -2.94. The second-order valence-electron chi connectivity index (χ2n) is 7.59. The van der Waals surface area contributed by atoms with E-state index in [9.17, 15) is 9.59 Å². The first kappa shape index (κ1) is 24.2. The molecule has 1 heterocycles. The Morgan fingerprint density at radius 2 is 1.76 bits per heavy atom. The lowest BCUT2D eigenvalue weighted by atomic mass is 10.1. The normalized spacial score (nSPS) is 11.6. The highest BCUT2D eigenvalue weighted by Gasteiger charge is 2.17. The van der Waals surface area contributed by atoms with Crippen LogP contribution in [0, 0.1) is 6.92 Å². The highest BCUT2D eigenvalue weighted by molar-refractivity contribution is 9.10. The number of hydrogen-bond donors (Lipinski definition) is 2. The third-order valence-electron chi connectivity index (χ3n) is 5.04. The van der Waals surface area contributed by atoms with Crippen molar-refractivity contribution in [1.29, 1.82) is 0 Å². The summed E-state index contributed by atoms with van der Waals surface area (Å²) in [7, 11) is 0. The molecule has 4 rings (SSSR count). The number of nitrogens with zero attached hydrogens (tertiary/aromatic N) is 1. The number of carbonyl (C=O) groups excluding carboxylic acids is 2. The summed E-state index contributed by atoms with van der Waals surface area (Å²) >= 11 is 6.25. The van der Waals surface area contributed by atoms with Gasteiger partial charge < -0.3 is 10.6 Å². The van der Waals surface area contributed by atoms with E-state index in [-0.39, 0.29) is 17.1 Å². The van der Waals surface area contributed by atoms with E-state index in [1.807, 2.05) is 86.0 Å². The molecule has 0 saturated heterocycles. The van der Waals surface area contributed by atoms with E-state index in [0.717, 1.165) is 26.2 Å². The van der Waals surface area contributed by atoms with Crippen LogP contribution >= 0.6 is 39.0 Å². The van der Waals surface area contributed by atoms with Crippen LogP contribution < -0.4 is 10.6 Å². The third-order valence-corrected chi connectivity index (χ3v) is 7.42. The van der Waals surface area contributed by atoms with Crippen LogP contribution in [-0.4, -0.2) is 22.0 Å². The zero-order valence-corrected chi connectivity index (χ0v) is 21.8. The summed E-state index contributed by atoms with van der Waals surface area (Å²) in [6, 6.07) is 22.8. The van der Waals surface area contributed by atoms with Crippen LogP contribution in [0.25, 0.3) is 11.3 Å². The predicted octanol–water partition coefficient (Wildman–Crippen LogP) is 7.25. The molecule has 0 spiro atoms. The molecule has 0 aliphatic heterocycles. The van der Waals surface area contributed by atoms with Gasteiger partial charge in [-0.1, -0.05) is 52.3 Å². The van der Waals surface area contributed by atoms with E-state index in [4.69, 9.17) is 0 Å². The first-order valence-corrected chi connectivity index (χ1v) is 13.1. The van der Waals surface area contributed by atoms with Gasteiger partial charge in [-0.05, 0) is 55.8 Å². The van der Waals surface area contributed by atoms with Crippen LogP contribution in [0.5, 0.6) is 0 Å². The molecule has 34 heavy (non-hydrogen) atoms. The molecule has 0 aliphatic rings. The molecule has 0 saturated carbocycles. The number of aryl methyl sites for hydroxylation is 1. The Morgan fingerprint density at radius 3 is 2.53 bits per heavy atom. The number of amides is 2. The summed E-state index contributed by atoms with van der Waals surface area (Å²) in [5, 5.41) is 7.99. The molecule has 5 nitrogen and oxygen atoms in total. The minimum atomic E-state index is -0.345. The van der Waals surface area contributed by atoms with E-state index in [1.165, 1.54) is 23.1 Å². The molecule has 2 amide bonds. The predicted molar refractivity (Wildman–Crippen MR) is 145 cm³/mol. The molecular weight excluding hydrogens is 530 g/mol. The van der Waals surface area contributed by atoms with Crippen LogP contribution in [0.1, 0.15) is 22.8 Å². The molecule has 1 aromatic heterocycles. The zero-order chi connectivity index (χ0) is 24.1. The van der Waals surface area contributed by atoms with E-state index in [0.29, 0.717) is 16.4 Å². The van der Waals surface area contributed by atoms with Gasteiger partial charge in [0.25, 0.3) is 5.91 Å². The first-order chi connectivity index (χ1) is 16.4. The first-order valence-electron chi connectivity index (χ1n) is 10.5. The molecule has 0 fully saturated rings. The van der Waals surface area contributed by atoms with Crippen molar-refractivity contribution >= 4 is 61.7 Å². The van der Waals surface area contributed by atoms with E-state index < -0.39 is 0 Å². The summed E-state index contributed by atoms with van der Waals surface area (Å²) in [5.41, 5.74) is 4.06. The van der Waals surface area contributed by atoms with Crippen molar-refractivity contribution in [3.63, 3.8) is 0 Å². The van der Waals surface area contributed by atoms with Gasteiger partial charge in [0.1, 0.15) is 0 Å². The Bertz CT molecular complexity index is 1320. The molecule has 8 heteroatoms. The van der Waals surface area contributed by atoms with Crippen LogP contribution in [0.4, 0.5) is 10.8 Å². The molecule has 1 atom stereocenters. The smallest absolute Gasteiger partial charge is 0.255 e. The Balaban J connectivity index is 1.37. The second kappa shape index (κ2) is 11.0. The molecule has 0 bridgehead atoms. The average Bonchev–Trinajstić information content (AvgIpc) is 3.28. The maximum atomic E-state index is 12.8. The number of rotatable bonds is 7. The Morgan fingerprint density at radius 1 is 1.00 bits per heavy atom. The molecule has 2 N–H and O–H groups in total. The summed E-state index contributed by atoms with van der Waals surface area (Å²) in [6.45, 7) is 3.76. The highest BCUT2D eigenvalue weighted by atomic mass is 79.9. The van der Waals surface area contributed by atoms with Crippen molar-refractivity contribution in [2.75, 3.05) is 10.6 Å². The number of aromatic nitrogens is 1. The SMILES string of the molecule is Cc1ccccc1C(=O)Nc1cccc(SC(C)C(=O)Nc2nc(-c3ccc(Br)cc3)cs2)c1. The van der Waals surface area contributed by atoms with E-state index >= 15 is 0 Å². The lowest BCUT2D eigenvalue weighted by Gasteiger charge is -2.12. The number of thioether (sulfide) groups is 1. The maximum absolute atomic E-state index is 12.8. The zero-order valence-electron chi connectivity index (χ0n) is 18.5. The third kappa shape index (κ3) is 6.14. The fraction of sp³-hybridized carbons (Fsp3) is 0.115. The largest absolute Gasteiger partial charge is 0.322 e. The summed E-state index contributed by atoms with van der Waals surface area (Å²) < 4.78 is 1.00. The molecule has 3 aromatic carbocycles. The summed E-state index contributed by atoms with van der Waals surface area (Å²) in [4.78, 5) is 30.8. The van der Waals surface area contributed by atoms with Crippen molar-refractivity contribution in [2.45, 2.75) is 24.0 Å². The van der Waals surface area contributed by atoms with Crippen LogP contribution in [-0.2, 0) is 4.79 Å². The van der Waals surface area contributed by atoms with Crippen molar-refractivity contribution < 1.29 is 9.59 Å². The van der Waals surface area contributed by atoms with E-state index in [2.05, 4.69) is 31.5 Å². The number of carbonyl (C=O) groups is 2. The number of thiazole rings is 1. The van der Waals surface area contributed by atoms with Gasteiger partial charge in [-0.3, -0.25) is 9.59 Å². The molecule has 0 radical (unpaired) electrons. The van der Waals surface area contributed by atoms with E-state index in [1.54, 1.807) is 6.07 Å². The van der Waals surface area contributed by atoms with Gasteiger partial charge in [-0.2, -0.15) is 0 Å². The number of halogens is 1. The van der Waals surface area contributed by atoms with Gasteiger partial charge in [0.15, 0.2) is 5.13 Å². The minimum absolute atomic E-state index is 0.129. The molecule has 1 unspecified atom stereocenters. The van der Waals surface area contributed by atoms with Gasteiger partial charge in [-0.15, -0.1) is 23.1 Å². The van der Waals surface area contributed by atoms with Crippen LogP contribution in [0.3, 0.4) is 0 Å². The Kier molecular flexibility index (Phi) is 7.82. The molecular formula is C26H22BrN3O2S2. The number of nitrogens with one attached hydrogen (secondary N) is 2. The number of anilines is 2. The fourth-order valence-corrected chi connectivity index (χ4v) is 5.14. The Labute approximate surface area is 215 Å². The van der Waals surface area contributed by atoms with Crippen molar-refractivity contribution in [3.05, 3.63) is 93.8 Å². The second-order valence-corrected chi connectivity index (χ2v) is 10.8. The lowest BCUT2D eigenvalue weighted by molar-refractivity contribution is -0.115. The number of hydrogen-bond acceptors (Lipinski definition) is 5. The highest BCUT2D eigenvalue weighted by Crippen LogP contribution is 2.29. The minimum Gasteiger partial charge on any atom is -0.322 e. The monoisotopic (exact) mass is 551 g/mol. The van der Waals surface area contributed by atoms with Gasteiger partial charge in [0.2, 0.25) is 5.91 Å². The number of benzene rings is 3. The van der Waals surface area contributed by atoms with Gasteiger partial charge in [-0.25, -0.2) is 4.98 Å². The summed E-state index contributed by atoms with van der Waals surface area (Å²) in [5.74, 6) is -0.285. The standard InChI is InChI=1S/C26H22BrN3O2S2/c1-16-6-3-4-9-22(16)25(32)28-20-7-5-8-21(14-20)34-17(2)24(31)30-26-29-23(15-33-26)18-10-12-19(27)13-11-18/h3-15,17H,1-2H3,(H,28,32)(H,29,30,31). The van der Waals surface area contributed by atoms with Crippen molar-refractivity contribution in [3.8, 4) is 11.3 Å². The average molecular weight is 553 g/mol. The quantitative estimate of drug-likeness (QED) is 0.237. The van der Waals surface area contributed by atoms with Crippen molar-refractivity contribution in [1.82, 2.24) is 4.98 Å². The lowest BCUT2D eigenvalue weighted by Crippen LogP contribution is -2.22.